The lowest BCUT2D eigenvalue weighted by molar-refractivity contribution is -0.142. The van der Waals surface area contributed by atoms with Gasteiger partial charge >= 0.3 is 5.97 Å². The second-order valence-electron chi connectivity index (χ2n) is 2.14. The van der Waals surface area contributed by atoms with Gasteiger partial charge in [-0.05, 0) is 6.92 Å². The predicted molar refractivity (Wildman–Crippen MR) is 42.3 cm³/mol. The van der Waals surface area contributed by atoms with Crippen LogP contribution in [0.15, 0.2) is 5.51 Å². The summed E-state index contributed by atoms with van der Waals surface area (Å²) in [6.07, 6.45) is 0. The van der Waals surface area contributed by atoms with Crippen molar-refractivity contribution >= 4 is 17.3 Å². The molecule has 0 saturated carbocycles. The minimum Gasteiger partial charge on any atom is -0.460 e. The number of hydrogen-bond donors (Lipinski definition) is 0. The molecule has 0 atom stereocenters. The molecule has 1 rings (SSSR count). The Kier molecular flexibility index (Phi) is 2.59. The van der Waals surface area contributed by atoms with Crippen molar-refractivity contribution in [2.75, 3.05) is 0 Å². The summed E-state index contributed by atoms with van der Waals surface area (Å²) in [7, 11) is 0. The highest BCUT2D eigenvalue weighted by molar-refractivity contribution is 7.09. The van der Waals surface area contributed by atoms with Crippen molar-refractivity contribution in [1.82, 2.24) is 4.98 Å². The largest absolute Gasteiger partial charge is 0.460 e. The quantitative estimate of drug-likeness (QED) is 0.633. The number of ether oxygens (including phenoxy) is 1. The SMILES string of the molecule is CC(=O)OCc1scnc1C. The van der Waals surface area contributed by atoms with Crippen molar-refractivity contribution in [3.63, 3.8) is 0 Å². The summed E-state index contributed by atoms with van der Waals surface area (Å²) in [6, 6.07) is 0. The number of carbonyl (C=O) groups is 1. The van der Waals surface area contributed by atoms with Crippen molar-refractivity contribution in [3.8, 4) is 0 Å². The van der Waals surface area contributed by atoms with Crippen LogP contribution in [0.2, 0.25) is 0 Å². The van der Waals surface area contributed by atoms with Crippen LogP contribution in [0.1, 0.15) is 17.5 Å². The molecule has 0 unspecified atom stereocenters. The molecule has 11 heavy (non-hydrogen) atoms. The van der Waals surface area contributed by atoms with E-state index in [2.05, 4.69) is 4.98 Å². The van der Waals surface area contributed by atoms with Crippen molar-refractivity contribution < 1.29 is 9.53 Å². The Hall–Kier alpha value is -0.900. The van der Waals surface area contributed by atoms with Gasteiger partial charge in [0.25, 0.3) is 0 Å². The predicted octanol–water partition coefficient (Wildman–Crippen LogP) is 1.51. The number of carbonyl (C=O) groups excluding carboxylic acids is 1. The number of esters is 1. The lowest BCUT2D eigenvalue weighted by atomic mass is 10.4. The third-order valence-corrected chi connectivity index (χ3v) is 2.16. The highest BCUT2D eigenvalue weighted by atomic mass is 32.1. The van der Waals surface area contributed by atoms with Crippen LogP contribution in [-0.2, 0) is 16.1 Å². The van der Waals surface area contributed by atoms with Crippen molar-refractivity contribution in [3.05, 3.63) is 16.1 Å². The van der Waals surface area contributed by atoms with E-state index in [-0.39, 0.29) is 5.97 Å². The Balaban J connectivity index is 2.51. The lowest BCUT2D eigenvalue weighted by Gasteiger charge is -1.97. The average molecular weight is 171 g/mol. The van der Waals surface area contributed by atoms with Crippen LogP contribution >= 0.6 is 11.3 Å². The minimum atomic E-state index is -0.252. The molecular weight excluding hydrogens is 162 g/mol. The maximum atomic E-state index is 10.4. The van der Waals surface area contributed by atoms with Gasteiger partial charge in [0.1, 0.15) is 6.61 Å². The fourth-order valence-corrected chi connectivity index (χ4v) is 1.32. The first kappa shape index (κ1) is 8.20. The van der Waals surface area contributed by atoms with Crippen LogP contribution in [-0.4, -0.2) is 11.0 Å². The van der Waals surface area contributed by atoms with Gasteiger partial charge in [0.15, 0.2) is 0 Å². The zero-order valence-corrected chi connectivity index (χ0v) is 7.27. The monoisotopic (exact) mass is 171 g/mol. The number of hydrogen-bond acceptors (Lipinski definition) is 4. The maximum Gasteiger partial charge on any atom is 0.302 e. The van der Waals surface area contributed by atoms with Gasteiger partial charge < -0.3 is 4.74 Å². The third kappa shape index (κ3) is 2.31. The van der Waals surface area contributed by atoms with E-state index in [4.69, 9.17) is 4.74 Å². The number of thiazole rings is 1. The maximum absolute atomic E-state index is 10.4. The molecule has 0 spiro atoms. The minimum absolute atomic E-state index is 0.252. The van der Waals surface area contributed by atoms with Crippen molar-refractivity contribution in [2.45, 2.75) is 20.5 Å². The molecule has 1 aromatic heterocycles. The number of nitrogens with zero attached hydrogens (tertiary/aromatic N) is 1. The Bertz CT molecular complexity index is 257. The molecule has 0 aromatic carbocycles. The number of rotatable bonds is 2. The fraction of sp³-hybridized carbons (Fsp3) is 0.429. The van der Waals surface area contributed by atoms with Crippen molar-refractivity contribution in [2.24, 2.45) is 0 Å². The molecule has 0 radical (unpaired) electrons. The Morgan fingerprint density at radius 3 is 3.00 bits per heavy atom. The summed E-state index contributed by atoms with van der Waals surface area (Å²) in [5.74, 6) is -0.252. The molecule has 0 fully saturated rings. The second kappa shape index (κ2) is 3.48. The molecule has 0 N–H and O–H groups in total. The first-order valence-electron chi connectivity index (χ1n) is 3.22. The topological polar surface area (TPSA) is 39.2 Å². The first-order valence-corrected chi connectivity index (χ1v) is 4.10. The average Bonchev–Trinajstić information content (AvgIpc) is 2.31. The summed E-state index contributed by atoms with van der Waals surface area (Å²) in [5.41, 5.74) is 2.69. The number of aromatic nitrogens is 1. The fourth-order valence-electron chi connectivity index (χ4n) is 0.632. The van der Waals surface area contributed by atoms with E-state index in [0.29, 0.717) is 6.61 Å². The zero-order chi connectivity index (χ0) is 8.27. The van der Waals surface area contributed by atoms with Crippen molar-refractivity contribution in [1.29, 1.82) is 0 Å². The van der Waals surface area contributed by atoms with E-state index >= 15 is 0 Å². The normalized spacial score (nSPS) is 9.64. The highest BCUT2D eigenvalue weighted by Crippen LogP contribution is 2.12. The Morgan fingerprint density at radius 1 is 1.82 bits per heavy atom. The molecule has 60 valence electrons. The smallest absolute Gasteiger partial charge is 0.302 e. The molecule has 3 nitrogen and oxygen atoms in total. The molecule has 0 bridgehead atoms. The molecular formula is C7H9NO2S. The molecule has 1 aromatic rings. The van der Waals surface area contributed by atoms with Gasteiger partial charge in [0, 0.05) is 6.92 Å². The molecule has 1 heterocycles. The van der Waals surface area contributed by atoms with E-state index in [1.54, 1.807) is 5.51 Å². The molecule has 0 saturated heterocycles. The zero-order valence-electron chi connectivity index (χ0n) is 6.46. The summed E-state index contributed by atoms with van der Waals surface area (Å²) in [5, 5.41) is 0. The van der Waals surface area contributed by atoms with E-state index in [1.807, 2.05) is 6.92 Å². The van der Waals surface area contributed by atoms with Gasteiger partial charge in [-0.3, -0.25) is 4.79 Å². The van der Waals surface area contributed by atoms with Gasteiger partial charge in [-0.15, -0.1) is 11.3 Å². The van der Waals surface area contributed by atoms with Gasteiger partial charge in [-0.1, -0.05) is 0 Å². The molecule has 0 aliphatic heterocycles. The summed E-state index contributed by atoms with van der Waals surface area (Å²) in [6.45, 7) is 3.65. The van der Waals surface area contributed by atoms with Gasteiger partial charge in [0.2, 0.25) is 0 Å². The van der Waals surface area contributed by atoms with Crippen LogP contribution in [0, 0.1) is 6.92 Å². The van der Waals surface area contributed by atoms with Crippen LogP contribution in [0.25, 0.3) is 0 Å². The first-order chi connectivity index (χ1) is 5.20. The van der Waals surface area contributed by atoms with E-state index < -0.39 is 0 Å². The second-order valence-corrected chi connectivity index (χ2v) is 3.08. The molecule has 0 aliphatic rings. The number of aryl methyl sites for hydroxylation is 1. The lowest BCUT2D eigenvalue weighted by Crippen LogP contribution is -1.98. The van der Waals surface area contributed by atoms with Crippen LogP contribution in [0.4, 0.5) is 0 Å². The van der Waals surface area contributed by atoms with Crippen LogP contribution < -0.4 is 0 Å². The summed E-state index contributed by atoms with van der Waals surface area (Å²) < 4.78 is 4.80. The van der Waals surface area contributed by atoms with Crippen LogP contribution in [0.3, 0.4) is 0 Å². The van der Waals surface area contributed by atoms with Gasteiger partial charge in [-0.2, -0.15) is 0 Å². The standard InChI is InChI=1S/C7H9NO2S/c1-5-7(11-4-8-5)3-10-6(2)9/h4H,3H2,1-2H3. The van der Waals surface area contributed by atoms with Gasteiger partial charge in [-0.25, -0.2) is 4.98 Å². The van der Waals surface area contributed by atoms with E-state index in [0.717, 1.165) is 10.6 Å². The van der Waals surface area contributed by atoms with Gasteiger partial charge in [0.05, 0.1) is 16.1 Å². The third-order valence-electron chi connectivity index (χ3n) is 1.25. The van der Waals surface area contributed by atoms with Crippen LogP contribution in [0.5, 0.6) is 0 Å². The summed E-state index contributed by atoms with van der Waals surface area (Å²) >= 11 is 1.50. The highest BCUT2D eigenvalue weighted by Gasteiger charge is 2.01. The Labute approximate surface area is 69.0 Å². The summed E-state index contributed by atoms with van der Waals surface area (Å²) in [4.78, 5) is 15.4. The molecule has 0 aliphatic carbocycles. The Morgan fingerprint density at radius 2 is 2.55 bits per heavy atom. The van der Waals surface area contributed by atoms with E-state index in [1.165, 1.54) is 18.3 Å². The molecule has 4 heteroatoms. The molecule has 0 amide bonds. The van der Waals surface area contributed by atoms with E-state index in [9.17, 15) is 4.79 Å².